The molecule has 2 aromatic heterocycles. The van der Waals surface area contributed by atoms with Gasteiger partial charge in [0.1, 0.15) is 0 Å². The predicted octanol–water partition coefficient (Wildman–Crippen LogP) is 3.55. The smallest absolute Gasteiger partial charge is 0.251 e. The Bertz CT molecular complexity index is 843. The molecule has 0 bridgehead atoms. The third-order valence-electron chi connectivity index (χ3n) is 4.10. The molecule has 1 atom stereocenters. The Hall–Kier alpha value is -2.24. The van der Waals surface area contributed by atoms with Crippen LogP contribution < -0.4 is 10.6 Å². The summed E-state index contributed by atoms with van der Waals surface area (Å²) in [6, 6.07) is 12.3. The highest BCUT2D eigenvalue weighted by Crippen LogP contribution is 2.22. The molecule has 2 heterocycles. The van der Waals surface area contributed by atoms with Gasteiger partial charge >= 0.3 is 0 Å². The van der Waals surface area contributed by atoms with Crippen LogP contribution in [0.15, 0.2) is 48.0 Å². The number of pyridine rings is 1. The molecule has 0 saturated carbocycles. The highest BCUT2D eigenvalue weighted by atomic mass is 32.1. The lowest BCUT2D eigenvalue weighted by atomic mass is 10.1. The molecule has 0 saturated heterocycles. The minimum atomic E-state index is -0.0477. The van der Waals surface area contributed by atoms with Gasteiger partial charge in [-0.3, -0.25) is 9.78 Å². The number of nitrogens with zero attached hydrogens (tertiary/aromatic N) is 1. The van der Waals surface area contributed by atoms with Crippen molar-refractivity contribution in [2.24, 2.45) is 0 Å². The lowest BCUT2D eigenvalue weighted by Crippen LogP contribution is -2.22. The van der Waals surface area contributed by atoms with Crippen molar-refractivity contribution in [3.63, 3.8) is 0 Å². The maximum Gasteiger partial charge on any atom is 0.251 e. The lowest BCUT2D eigenvalue weighted by molar-refractivity contribution is 0.0963. The summed E-state index contributed by atoms with van der Waals surface area (Å²) in [7, 11) is 1.65. The standard InChI is InChI=1S/C19H21N3OS/c1-13(16-11-18-17(22-12-16)7-9-24-18)21-8-6-14-4-3-5-15(10-14)19(23)20-2/h3-5,7,9-13,21H,6,8H2,1-2H3,(H,20,23). The van der Waals surface area contributed by atoms with E-state index in [1.54, 1.807) is 18.4 Å². The summed E-state index contributed by atoms with van der Waals surface area (Å²) < 4.78 is 1.22. The molecule has 3 aromatic rings. The van der Waals surface area contributed by atoms with Crippen molar-refractivity contribution < 1.29 is 4.79 Å². The molecule has 24 heavy (non-hydrogen) atoms. The number of carbonyl (C=O) groups excluding carboxylic acids is 1. The molecule has 3 rings (SSSR count). The second-order valence-corrected chi connectivity index (χ2v) is 6.73. The molecule has 124 valence electrons. The second-order valence-electron chi connectivity index (χ2n) is 5.78. The van der Waals surface area contributed by atoms with E-state index in [9.17, 15) is 4.79 Å². The molecule has 1 unspecified atom stereocenters. The number of benzene rings is 1. The molecule has 1 amide bonds. The maximum atomic E-state index is 11.7. The summed E-state index contributed by atoms with van der Waals surface area (Å²) in [5.74, 6) is -0.0477. The van der Waals surface area contributed by atoms with E-state index in [2.05, 4.69) is 40.1 Å². The fourth-order valence-electron chi connectivity index (χ4n) is 2.66. The zero-order valence-electron chi connectivity index (χ0n) is 13.9. The van der Waals surface area contributed by atoms with E-state index in [1.165, 1.54) is 10.3 Å². The summed E-state index contributed by atoms with van der Waals surface area (Å²) in [4.78, 5) is 16.2. The van der Waals surface area contributed by atoms with E-state index < -0.39 is 0 Å². The first-order valence-electron chi connectivity index (χ1n) is 8.05. The van der Waals surface area contributed by atoms with Gasteiger partial charge in [-0.25, -0.2) is 0 Å². The van der Waals surface area contributed by atoms with Crippen molar-refractivity contribution in [3.8, 4) is 0 Å². The number of thiophene rings is 1. The molecule has 0 spiro atoms. The van der Waals surface area contributed by atoms with Crippen LogP contribution in [0.3, 0.4) is 0 Å². The van der Waals surface area contributed by atoms with Crippen molar-refractivity contribution in [3.05, 3.63) is 64.7 Å². The number of hydrogen-bond acceptors (Lipinski definition) is 4. The van der Waals surface area contributed by atoms with Gasteiger partial charge in [-0.1, -0.05) is 12.1 Å². The molecule has 0 aliphatic rings. The van der Waals surface area contributed by atoms with Gasteiger partial charge in [-0.05, 0) is 60.7 Å². The first-order chi connectivity index (χ1) is 11.7. The van der Waals surface area contributed by atoms with Crippen LogP contribution in [0.2, 0.25) is 0 Å². The highest BCUT2D eigenvalue weighted by Gasteiger charge is 2.08. The topological polar surface area (TPSA) is 54.0 Å². The summed E-state index contributed by atoms with van der Waals surface area (Å²) in [5.41, 5.74) is 4.11. The Morgan fingerprint density at radius 2 is 2.17 bits per heavy atom. The number of fused-ring (bicyclic) bond motifs is 1. The predicted molar refractivity (Wildman–Crippen MR) is 99.6 cm³/mol. The van der Waals surface area contributed by atoms with Crippen LogP contribution in [-0.2, 0) is 6.42 Å². The monoisotopic (exact) mass is 339 g/mol. The molecule has 0 aliphatic carbocycles. The molecular formula is C19H21N3OS. The molecule has 0 fully saturated rings. The summed E-state index contributed by atoms with van der Waals surface area (Å²) in [5, 5.41) is 8.26. The fraction of sp³-hybridized carbons (Fsp3) is 0.263. The number of nitrogens with one attached hydrogen (secondary N) is 2. The van der Waals surface area contributed by atoms with Crippen LogP contribution in [0.25, 0.3) is 10.2 Å². The number of aromatic nitrogens is 1. The molecule has 4 nitrogen and oxygen atoms in total. The normalized spacial score (nSPS) is 12.2. The van der Waals surface area contributed by atoms with Crippen LogP contribution in [0.1, 0.15) is 34.5 Å². The number of carbonyl (C=O) groups is 1. The largest absolute Gasteiger partial charge is 0.355 e. The van der Waals surface area contributed by atoms with Gasteiger partial charge in [0.25, 0.3) is 5.91 Å². The Balaban J connectivity index is 1.58. The van der Waals surface area contributed by atoms with Gasteiger partial charge < -0.3 is 10.6 Å². The Kier molecular flexibility index (Phi) is 5.23. The SMILES string of the molecule is CNC(=O)c1cccc(CCNC(C)c2cnc3ccsc3c2)c1. The van der Waals surface area contributed by atoms with E-state index in [0.717, 1.165) is 24.0 Å². The van der Waals surface area contributed by atoms with Crippen molar-refractivity contribution in [1.82, 2.24) is 15.6 Å². The summed E-state index contributed by atoms with van der Waals surface area (Å²) in [6.07, 6.45) is 2.82. The van der Waals surface area contributed by atoms with E-state index in [0.29, 0.717) is 5.56 Å². The summed E-state index contributed by atoms with van der Waals surface area (Å²) >= 11 is 1.72. The van der Waals surface area contributed by atoms with Gasteiger partial charge in [0.05, 0.1) is 10.2 Å². The number of amides is 1. The van der Waals surface area contributed by atoms with Gasteiger partial charge in [-0.15, -0.1) is 11.3 Å². The van der Waals surface area contributed by atoms with Gasteiger partial charge in [0, 0.05) is 24.8 Å². The average molecular weight is 339 g/mol. The van der Waals surface area contributed by atoms with Crippen molar-refractivity contribution in [2.75, 3.05) is 13.6 Å². The van der Waals surface area contributed by atoms with Gasteiger partial charge in [-0.2, -0.15) is 0 Å². The molecular weight excluding hydrogens is 318 g/mol. The van der Waals surface area contributed by atoms with Gasteiger partial charge in [0.2, 0.25) is 0 Å². The van der Waals surface area contributed by atoms with Crippen molar-refractivity contribution in [1.29, 1.82) is 0 Å². The van der Waals surface area contributed by atoms with Crippen LogP contribution in [0.5, 0.6) is 0 Å². The minimum absolute atomic E-state index is 0.0477. The summed E-state index contributed by atoms with van der Waals surface area (Å²) in [6.45, 7) is 3.00. The van der Waals surface area contributed by atoms with Crippen molar-refractivity contribution >= 4 is 27.5 Å². The first kappa shape index (κ1) is 16.6. The maximum absolute atomic E-state index is 11.7. The van der Waals surface area contributed by atoms with E-state index in [1.807, 2.05) is 30.5 Å². The Morgan fingerprint density at radius 1 is 1.29 bits per heavy atom. The number of hydrogen-bond donors (Lipinski definition) is 2. The molecule has 1 aromatic carbocycles. The zero-order chi connectivity index (χ0) is 16.9. The highest BCUT2D eigenvalue weighted by molar-refractivity contribution is 7.17. The zero-order valence-corrected chi connectivity index (χ0v) is 14.7. The molecule has 5 heteroatoms. The third-order valence-corrected chi connectivity index (χ3v) is 4.96. The Labute approximate surface area is 145 Å². The van der Waals surface area contributed by atoms with Crippen LogP contribution >= 0.6 is 11.3 Å². The third kappa shape index (κ3) is 3.80. The van der Waals surface area contributed by atoms with E-state index in [-0.39, 0.29) is 11.9 Å². The molecule has 2 N–H and O–H groups in total. The molecule has 0 radical (unpaired) electrons. The van der Waals surface area contributed by atoms with E-state index >= 15 is 0 Å². The van der Waals surface area contributed by atoms with Crippen LogP contribution in [0.4, 0.5) is 0 Å². The second kappa shape index (κ2) is 7.55. The van der Waals surface area contributed by atoms with Crippen molar-refractivity contribution in [2.45, 2.75) is 19.4 Å². The average Bonchev–Trinajstić information content (AvgIpc) is 3.09. The first-order valence-corrected chi connectivity index (χ1v) is 8.93. The van der Waals surface area contributed by atoms with Crippen LogP contribution in [0, 0.1) is 0 Å². The van der Waals surface area contributed by atoms with E-state index in [4.69, 9.17) is 0 Å². The number of rotatable bonds is 6. The molecule has 0 aliphatic heterocycles. The van der Waals surface area contributed by atoms with Gasteiger partial charge in [0.15, 0.2) is 0 Å². The minimum Gasteiger partial charge on any atom is -0.355 e. The quantitative estimate of drug-likeness (QED) is 0.722. The fourth-order valence-corrected chi connectivity index (χ4v) is 3.45. The Morgan fingerprint density at radius 3 is 3.00 bits per heavy atom. The lowest BCUT2D eigenvalue weighted by Gasteiger charge is -2.14. The van der Waals surface area contributed by atoms with Crippen LogP contribution in [-0.4, -0.2) is 24.5 Å².